The van der Waals surface area contributed by atoms with Gasteiger partial charge in [-0.3, -0.25) is 10.1 Å². The molecule has 32 heavy (non-hydrogen) atoms. The average Bonchev–Trinajstić information content (AvgIpc) is 3.28. The smallest absolute Gasteiger partial charge is 0.257 e. The number of halogens is 1. The SMILES string of the molecule is COc1ccc(-c2csc(NC(=O)c3cccc(S(=O)(=O)N4CCCCC4)c3)n2)cc1Cl. The molecular formula is C22H22ClN3O4S2. The van der Waals surface area contributed by atoms with Gasteiger partial charge in [0.1, 0.15) is 5.75 Å². The summed E-state index contributed by atoms with van der Waals surface area (Å²) in [6.45, 7) is 1.02. The molecule has 1 aliphatic heterocycles. The van der Waals surface area contributed by atoms with Gasteiger partial charge in [-0.25, -0.2) is 13.4 Å². The first-order valence-electron chi connectivity index (χ1n) is 10.1. The fourth-order valence-corrected chi connectivity index (χ4v) is 6.05. The van der Waals surface area contributed by atoms with Crippen molar-refractivity contribution in [2.75, 3.05) is 25.5 Å². The third kappa shape index (κ3) is 4.80. The number of sulfonamides is 1. The lowest BCUT2D eigenvalue weighted by Gasteiger charge is -2.26. The summed E-state index contributed by atoms with van der Waals surface area (Å²) in [6.07, 6.45) is 2.74. The van der Waals surface area contributed by atoms with E-state index in [1.54, 1.807) is 31.4 Å². The number of amides is 1. The Bertz CT molecular complexity index is 1240. The van der Waals surface area contributed by atoms with Crippen LogP contribution in [0.5, 0.6) is 5.75 Å². The lowest BCUT2D eigenvalue weighted by molar-refractivity contribution is 0.102. The van der Waals surface area contributed by atoms with Gasteiger partial charge in [0.05, 0.1) is 22.7 Å². The summed E-state index contributed by atoms with van der Waals surface area (Å²) in [5, 5.41) is 5.43. The Morgan fingerprint density at radius 2 is 1.94 bits per heavy atom. The molecule has 1 saturated heterocycles. The second kappa shape index (κ2) is 9.58. The first kappa shape index (κ1) is 22.7. The van der Waals surface area contributed by atoms with Crippen LogP contribution in [0.2, 0.25) is 5.02 Å². The third-order valence-corrected chi connectivity index (χ3v) is 8.17. The van der Waals surface area contributed by atoms with Gasteiger partial charge < -0.3 is 4.74 Å². The largest absolute Gasteiger partial charge is 0.495 e. The van der Waals surface area contributed by atoms with Gasteiger partial charge >= 0.3 is 0 Å². The Balaban J connectivity index is 1.50. The summed E-state index contributed by atoms with van der Waals surface area (Å²) in [5.41, 5.74) is 1.71. The highest BCUT2D eigenvalue weighted by Gasteiger charge is 2.26. The molecule has 0 saturated carbocycles. The van der Waals surface area contributed by atoms with E-state index in [1.807, 2.05) is 11.4 Å². The molecule has 2 heterocycles. The van der Waals surface area contributed by atoms with Gasteiger partial charge in [-0.1, -0.05) is 24.1 Å². The van der Waals surface area contributed by atoms with Crippen LogP contribution in [0.25, 0.3) is 11.3 Å². The fraction of sp³-hybridized carbons (Fsp3) is 0.273. The van der Waals surface area contributed by atoms with Crippen molar-refractivity contribution in [3.8, 4) is 17.0 Å². The molecule has 1 aliphatic rings. The van der Waals surface area contributed by atoms with Crippen LogP contribution in [0.1, 0.15) is 29.6 Å². The minimum atomic E-state index is -3.62. The molecule has 7 nitrogen and oxygen atoms in total. The van der Waals surface area contributed by atoms with E-state index in [1.165, 1.54) is 27.8 Å². The number of hydrogen-bond acceptors (Lipinski definition) is 6. The molecule has 0 atom stereocenters. The highest BCUT2D eigenvalue weighted by molar-refractivity contribution is 7.89. The zero-order valence-electron chi connectivity index (χ0n) is 17.4. The van der Waals surface area contributed by atoms with E-state index in [2.05, 4.69) is 10.3 Å². The Labute approximate surface area is 196 Å². The quantitative estimate of drug-likeness (QED) is 0.529. The van der Waals surface area contributed by atoms with Crippen molar-refractivity contribution in [1.29, 1.82) is 0 Å². The van der Waals surface area contributed by atoms with Gasteiger partial charge in [0.2, 0.25) is 10.0 Å². The second-order valence-corrected chi connectivity index (χ2v) is 10.5. The molecule has 3 aromatic rings. The number of rotatable bonds is 6. The highest BCUT2D eigenvalue weighted by atomic mass is 35.5. The number of carbonyl (C=O) groups excluding carboxylic acids is 1. The number of ether oxygens (including phenoxy) is 1. The third-order valence-electron chi connectivity index (χ3n) is 5.22. The lowest BCUT2D eigenvalue weighted by Crippen LogP contribution is -2.35. The van der Waals surface area contributed by atoms with E-state index in [9.17, 15) is 13.2 Å². The normalized spacial score (nSPS) is 14.8. The van der Waals surface area contributed by atoms with Crippen LogP contribution in [0.15, 0.2) is 52.7 Å². The predicted molar refractivity (Wildman–Crippen MR) is 126 cm³/mol. The van der Waals surface area contributed by atoms with Gasteiger partial charge in [-0.15, -0.1) is 11.3 Å². The summed E-state index contributed by atoms with van der Waals surface area (Å²) >= 11 is 7.46. The van der Waals surface area contributed by atoms with E-state index in [-0.39, 0.29) is 10.5 Å². The van der Waals surface area contributed by atoms with Crippen LogP contribution < -0.4 is 10.1 Å². The van der Waals surface area contributed by atoms with Crippen LogP contribution in [0.4, 0.5) is 5.13 Å². The number of thiazole rings is 1. The van der Waals surface area contributed by atoms with Crippen molar-refractivity contribution in [3.63, 3.8) is 0 Å². The molecule has 10 heteroatoms. The van der Waals surface area contributed by atoms with E-state index in [0.29, 0.717) is 34.7 Å². The molecule has 4 rings (SSSR count). The topological polar surface area (TPSA) is 88.6 Å². The van der Waals surface area contributed by atoms with Crippen LogP contribution in [0.3, 0.4) is 0 Å². The van der Waals surface area contributed by atoms with E-state index >= 15 is 0 Å². The second-order valence-electron chi connectivity index (χ2n) is 7.33. The van der Waals surface area contributed by atoms with Gasteiger partial charge in [-0.05, 0) is 49.2 Å². The standard InChI is InChI=1S/C22H22ClN3O4S2/c1-30-20-9-8-15(13-18(20)23)19-14-31-22(24-19)25-21(27)16-6-5-7-17(12-16)32(28,29)26-10-3-2-4-11-26/h5-9,12-14H,2-4,10-11H2,1H3,(H,24,25,27). The molecule has 0 aliphatic carbocycles. The van der Waals surface area contributed by atoms with Crippen LogP contribution in [-0.2, 0) is 10.0 Å². The van der Waals surface area contributed by atoms with Crippen molar-refractivity contribution in [3.05, 3.63) is 58.4 Å². The van der Waals surface area contributed by atoms with E-state index in [4.69, 9.17) is 16.3 Å². The average molecular weight is 492 g/mol. The molecule has 2 aromatic carbocycles. The molecule has 1 fully saturated rings. The molecule has 1 aromatic heterocycles. The van der Waals surface area contributed by atoms with Crippen LogP contribution in [0, 0.1) is 0 Å². The van der Waals surface area contributed by atoms with E-state index < -0.39 is 15.9 Å². The lowest BCUT2D eigenvalue weighted by atomic mass is 10.2. The van der Waals surface area contributed by atoms with Gasteiger partial charge in [-0.2, -0.15) is 4.31 Å². The molecule has 168 valence electrons. The number of methoxy groups -OCH3 is 1. The number of piperidine rings is 1. The predicted octanol–water partition coefficient (Wildman–Crippen LogP) is 4.90. The van der Waals surface area contributed by atoms with Crippen molar-refractivity contribution in [1.82, 2.24) is 9.29 Å². The monoisotopic (exact) mass is 491 g/mol. The van der Waals surface area contributed by atoms with Crippen molar-refractivity contribution >= 4 is 44.0 Å². The first-order chi connectivity index (χ1) is 15.4. The Kier molecular flexibility index (Phi) is 6.80. The number of carbonyl (C=O) groups is 1. The van der Waals surface area contributed by atoms with E-state index in [0.717, 1.165) is 24.8 Å². The summed E-state index contributed by atoms with van der Waals surface area (Å²) in [7, 11) is -2.07. The zero-order chi connectivity index (χ0) is 22.7. The number of anilines is 1. The zero-order valence-corrected chi connectivity index (χ0v) is 19.8. The Morgan fingerprint density at radius 1 is 1.16 bits per heavy atom. The number of nitrogens with one attached hydrogen (secondary N) is 1. The maximum atomic E-state index is 12.9. The first-order valence-corrected chi connectivity index (χ1v) is 12.8. The van der Waals surface area contributed by atoms with Crippen molar-refractivity contribution in [2.45, 2.75) is 24.2 Å². The number of benzene rings is 2. The summed E-state index contributed by atoms with van der Waals surface area (Å²) in [6, 6.07) is 11.4. The minimum Gasteiger partial charge on any atom is -0.495 e. The molecule has 0 bridgehead atoms. The molecule has 0 unspecified atom stereocenters. The number of aromatic nitrogens is 1. The highest BCUT2D eigenvalue weighted by Crippen LogP contribution is 2.32. The summed E-state index contributed by atoms with van der Waals surface area (Å²) in [4.78, 5) is 17.3. The van der Waals surface area contributed by atoms with Crippen molar-refractivity contribution in [2.24, 2.45) is 0 Å². The fourth-order valence-electron chi connectivity index (χ4n) is 3.51. The molecule has 0 radical (unpaired) electrons. The minimum absolute atomic E-state index is 0.125. The summed E-state index contributed by atoms with van der Waals surface area (Å²) < 4.78 is 32.5. The maximum absolute atomic E-state index is 12.9. The number of nitrogens with zero attached hydrogens (tertiary/aromatic N) is 2. The molecule has 1 N–H and O–H groups in total. The van der Waals surface area contributed by atoms with Crippen molar-refractivity contribution < 1.29 is 17.9 Å². The molecule has 1 amide bonds. The molecule has 0 spiro atoms. The molecular weight excluding hydrogens is 470 g/mol. The van der Waals surface area contributed by atoms with Gasteiger partial charge in [0, 0.05) is 29.6 Å². The van der Waals surface area contributed by atoms with Gasteiger partial charge in [0.25, 0.3) is 5.91 Å². The summed E-state index contributed by atoms with van der Waals surface area (Å²) in [5.74, 6) is 0.146. The Hall–Kier alpha value is -2.46. The number of hydrogen-bond donors (Lipinski definition) is 1. The van der Waals surface area contributed by atoms with Gasteiger partial charge in [0.15, 0.2) is 5.13 Å². The van der Waals surface area contributed by atoms with Crippen LogP contribution >= 0.6 is 22.9 Å². The maximum Gasteiger partial charge on any atom is 0.257 e. The Morgan fingerprint density at radius 3 is 2.66 bits per heavy atom. The van der Waals surface area contributed by atoms with Crippen LogP contribution in [-0.4, -0.2) is 43.8 Å².